The van der Waals surface area contributed by atoms with Gasteiger partial charge >= 0.3 is 0 Å². The lowest BCUT2D eigenvalue weighted by Crippen LogP contribution is -2.48. The van der Waals surface area contributed by atoms with E-state index in [1.807, 2.05) is 15.9 Å². The van der Waals surface area contributed by atoms with Crippen LogP contribution in [0.2, 0.25) is 0 Å². The Morgan fingerprint density at radius 2 is 1.86 bits per heavy atom. The average molecular weight is 528 g/mol. The fourth-order valence-corrected chi connectivity index (χ4v) is 5.76. The number of thiocarbonyl (C=S) groups is 1. The Morgan fingerprint density at radius 1 is 1.19 bits per heavy atom. The molecule has 0 N–H and O–H groups in total. The fraction of sp³-hybridized carbons (Fsp3) is 0.360. The van der Waals surface area contributed by atoms with E-state index in [9.17, 15) is 19.2 Å². The second-order valence-electron chi connectivity index (χ2n) is 8.46. The van der Waals surface area contributed by atoms with Crippen LogP contribution in [0.15, 0.2) is 34.0 Å². The first kappa shape index (κ1) is 25.9. The maximum Gasteiger partial charge on any atom is 0.270 e. The first-order valence-electron chi connectivity index (χ1n) is 11.4. The second-order valence-corrected chi connectivity index (χ2v) is 10.1. The predicted octanol–water partition coefficient (Wildman–Crippen LogP) is 2.88. The zero-order valence-corrected chi connectivity index (χ0v) is 21.9. The van der Waals surface area contributed by atoms with Gasteiger partial charge in [-0.25, -0.2) is 4.39 Å². The second kappa shape index (κ2) is 10.8. The van der Waals surface area contributed by atoms with Crippen molar-refractivity contribution < 1.29 is 13.9 Å². The van der Waals surface area contributed by atoms with Crippen molar-refractivity contribution in [3.8, 4) is 6.07 Å². The van der Waals surface area contributed by atoms with Crippen molar-refractivity contribution in [2.45, 2.75) is 6.92 Å². The molecule has 0 unspecified atom stereocenters. The van der Waals surface area contributed by atoms with Gasteiger partial charge in [-0.15, -0.1) is 0 Å². The number of hydrogen-bond donors (Lipinski definition) is 0. The Hall–Kier alpha value is -3.20. The molecule has 2 aliphatic rings. The van der Waals surface area contributed by atoms with Crippen LogP contribution in [0.5, 0.6) is 0 Å². The molecule has 0 spiro atoms. The molecule has 0 aliphatic carbocycles. The third-order valence-corrected chi connectivity index (χ3v) is 7.79. The first-order valence-corrected chi connectivity index (χ1v) is 12.6. The number of anilines is 2. The van der Waals surface area contributed by atoms with Crippen LogP contribution in [0.25, 0.3) is 6.08 Å². The lowest BCUT2D eigenvalue weighted by molar-refractivity contribution is -0.122. The maximum absolute atomic E-state index is 14.3. The van der Waals surface area contributed by atoms with Gasteiger partial charge in [0, 0.05) is 45.9 Å². The number of ether oxygens (including phenoxy) is 1. The molecule has 1 amide bonds. The number of carbonyl (C=O) groups is 1. The van der Waals surface area contributed by atoms with Gasteiger partial charge in [-0.2, -0.15) is 5.26 Å². The van der Waals surface area contributed by atoms with Crippen LogP contribution in [0, 0.1) is 24.1 Å². The Bertz CT molecular complexity index is 1340. The number of thioether (sulfide) groups is 1. The molecule has 2 saturated heterocycles. The maximum atomic E-state index is 14.3. The molecule has 3 heterocycles. The van der Waals surface area contributed by atoms with E-state index in [1.165, 1.54) is 27.3 Å². The monoisotopic (exact) mass is 527 g/mol. The summed E-state index contributed by atoms with van der Waals surface area (Å²) in [4.78, 5) is 32.0. The van der Waals surface area contributed by atoms with E-state index >= 15 is 0 Å². The minimum atomic E-state index is -0.397. The molecule has 2 fully saturated rings. The number of aromatic nitrogens is 1. The normalized spacial score (nSPS) is 17.3. The molecule has 36 heavy (non-hydrogen) atoms. The van der Waals surface area contributed by atoms with Crippen LogP contribution < -0.4 is 15.4 Å². The summed E-state index contributed by atoms with van der Waals surface area (Å²) in [6.07, 6.45) is 1.72. The lowest BCUT2D eigenvalue weighted by Gasteiger charge is -2.38. The van der Waals surface area contributed by atoms with Crippen LogP contribution in [0.3, 0.4) is 0 Å². The van der Waals surface area contributed by atoms with Gasteiger partial charge < -0.3 is 14.5 Å². The quantitative estimate of drug-likeness (QED) is 0.419. The SMILES string of the molecule is COCCN1C(=O)/C(=C/c2c(C)c(C#N)c(=O)n(C)c2N2CCN(c3ccccc3F)CC2)SC1=S. The molecule has 0 atom stereocenters. The zero-order chi connectivity index (χ0) is 26.0. The molecule has 8 nitrogen and oxygen atoms in total. The third-order valence-electron chi connectivity index (χ3n) is 6.41. The molecule has 2 aliphatic heterocycles. The van der Waals surface area contributed by atoms with E-state index in [0.29, 0.717) is 71.2 Å². The van der Waals surface area contributed by atoms with Gasteiger partial charge in [0.1, 0.15) is 27.6 Å². The number of methoxy groups -OCH3 is 1. The van der Waals surface area contributed by atoms with Crippen LogP contribution in [0.1, 0.15) is 16.7 Å². The molecule has 1 aromatic carbocycles. The molecule has 11 heteroatoms. The zero-order valence-electron chi connectivity index (χ0n) is 20.3. The number of nitrogens with zero attached hydrogens (tertiary/aromatic N) is 5. The lowest BCUT2D eigenvalue weighted by atomic mass is 10.0. The van der Waals surface area contributed by atoms with Gasteiger partial charge in [0.15, 0.2) is 0 Å². The topological polar surface area (TPSA) is 81.8 Å². The Kier molecular flexibility index (Phi) is 7.78. The minimum Gasteiger partial charge on any atom is -0.383 e. The van der Waals surface area contributed by atoms with Crippen LogP contribution in [0.4, 0.5) is 15.9 Å². The van der Waals surface area contributed by atoms with Crippen molar-refractivity contribution in [3.63, 3.8) is 0 Å². The third kappa shape index (κ3) is 4.76. The summed E-state index contributed by atoms with van der Waals surface area (Å²) in [6.45, 7) is 4.58. The predicted molar refractivity (Wildman–Crippen MR) is 144 cm³/mol. The van der Waals surface area contributed by atoms with Crippen molar-refractivity contribution in [1.82, 2.24) is 9.47 Å². The van der Waals surface area contributed by atoms with E-state index in [2.05, 4.69) is 0 Å². The Labute approximate surface area is 218 Å². The number of piperazine rings is 1. The van der Waals surface area contributed by atoms with E-state index in [-0.39, 0.29) is 17.3 Å². The molecule has 188 valence electrons. The fourth-order valence-electron chi connectivity index (χ4n) is 4.47. The molecular formula is C25H26FN5O3S2. The summed E-state index contributed by atoms with van der Waals surface area (Å²) >= 11 is 6.59. The van der Waals surface area contributed by atoms with Gasteiger partial charge in [0.05, 0.1) is 23.7 Å². The van der Waals surface area contributed by atoms with Crippen molar-refractivity contribution >= 4 is 51.8 Å². The highest BCUT2D eigenvalue weighted by Gasteiger charge is 2.33. The number of hydrogen-bond acceptors (Lipinski definition) is 8. The molecule has 0 radical (unpaired) electrons. The number of halogens is 1. The van der Waals surface area contributed by atoms with Crippen molar-refractivity contribution in [2.75, 3.05) is 56.2 Å². The van der Waals surface area contributed by atoms with Crippen molar-refractivity contribution in [1.29, 1.82) is 5.26 Å². The number of para-hydroxylation sites is 1. The van der Waals surface area contributed by atoms with Gasteiger partial charge in [-0.3, -0.25) is 19.1 Å². The highest BCUT2D eigenvalue weighted by atomic mass is 32.2. The molecule has 0 saturated carbocycles. The van der Waals surface area contributed by atoms with Crippen LogP contribution in [-0.4, -0.2) is 66.1 Å². The molecular weight excluding hydrogens is 501 g/mol. The number of pyridine rings is 1. The van der Waals surface area contributed by atoms with Crippen molar-refractivity contribution in [2.24, 2.45) is 7.05 Å². The summed E-state index contributed by atoms with van der Waals surface area (Å²) in [5.74, 6) is 0.111. The number of amides is 1. The highest BCUT2D eigenvalue weighted by molar-refractivity contribution is 8.26. The average Bonchev–Trinajstić information content (AvgIpc) is 3.14. The summed E-state index contributed by atoms with van der Waals surface area (Å²) in [5, 5.41) is 9.68. The minimum absolute atomic E-state index is 0.0346. The number of benzene rings is 1. The smallest absolute Gasteiger partial charge is 0.270 e. The molecule has 1 aromatic heterocycles. The van der Waals surface area contributed by atoms with Crippen LogP contribution in [-0.2, 0) is 16.6 Å². The van der Waals surface area contributed by atoms with Crippen LogP contribution >= 0.6 is 24.0 Å². The standard InChI is InChI=1S/C25H26FN5O3S2/c1-16-17(14-21-24(33)31(12-13-34-3)25(35)36-21)22(28(2)23(32)18(16)15-27)30-10-8-29(9-11-30)20-7-5-4-6-19(20)26/h4-7,14H,8-13H2,1-3H3/b21-14-. The van der Waals surface area contributed by atoms with Crippen molar-refractivity contribution in [3.05, 3.63) is 62.0 Å². The Morgan fingerprint density at radius 3 is 2.50 bits per heavy atom. The number of nitriles is 1. The number of carbonyl (C=O) groups excluding carboxylic acids is 1. The Balaban J connectivity index is 1.72. The summed E-state index contributed by atoms with van der Waals surface area (Å²) in [7, 11) is 3.19. The summed E-state index contributed by atoms with van der Waals surface area (Å²) in [5.41, 5.74) is 1.32. The highest BCUT2D eigenvalue weighted by Crippen LogP contribution is 2.36. The first-order chi connectivity index (χ1) is 17.3. The van der Waals surface area contributed by atoms with Gasteiger partial charge in [-0.1, -0.05) is 36.1 Å². The summed E-state index contributed by atoms with van der Waals surface area (Å²) in [6, 6.07) is 8.68. The van der Waals surface area contributed by atoms with Gasteiger partial charge in [-0.05, 0) is 30.7 Å². The number of rotatable bonds is 6. The van der Waals surface area contributed by atoms with E-state index in [1.54, 1.807) is 45.4 Å². The van der Waals surface area contributed by atoms with E-state index < -0.39 is 5.56 Å². The molecule has 4 rings (SSSR count). The largest absolute Gasteiger partial charge is 0.383 e. The summed E-state index contributed by atoms with van der Waals surface area (Å²) < 4.78 is 21.3. The van der Waals surface area contributed by atoms with E-state index in [4.69, 9.17) is 17.0 Å². The van der Waals surface area contributed by atoms with Gasteiger partial charge in [0.2, 0.25) is 0 Å². The molecule has 2 aromatic rings. The molecule has 0 bridgehead atoms. The van der Waals surface area contributed by atoms with E-state index in [0.717, 1.165) is 0 Å². The van der Waals surface area contributed by atoms with Gasteiger partial charge in [0.25, 0.3) is 11.5 Å².